The molecular weight excluding hydrogens is 564 g/mol. The van der Waals surface area contributed by atoms with E-state index in [2.05, 4.69) is 6.07 Å². The highest BCUT2D eigenvalue weighted by atomic mass is 16.7. The van der Waals surface area contributed by atoms with Crippen molar-refractivity contribution < 1.29 is 38.4 Å². The highest BCUT2D eigenvalue weighted by Gasteiger charge is 2.65. The van der Waals surface area contributed by atoms with Crippen LogP contribution in [0.15, 0.2) is 60.7 Å². The Hall–Kier alpha value is -5.04. The number of Topliss-reactive ketones (excluding diaryl/α,β-unsaturated/α-hetero) is 1. The molecule has 1 saturated heterocycles. The third-order valence-electron chi connectivity index (χ3n) is 9.31. The number of hydrogen-bond donors (Lipinski definition) is 1. The summed E-state index contributed by atoms with van der Waals surface area (Å²) in [5.41, 5.74) is -0.0800. The van der Waals surface area contributed by atoms with Gasteiger partial charge in [0.1, 0.15) is 5.54 Å². The molecular formula is C34H32N2O8. The van der Waals surface area contributed by atoms with Crippen LogP contribution in [0.3, 0.4) is 0 Å². The number of carbonyl (C=O) groups excluding carboxylic acids is 2. The van der Waals surface area contributed by atoms with Gasteiger partial charge in [0.2, 0.25) is 12.7 Å². The van der Waals surface area contributed by atoms with Crippen LogP contribution in [0.5, 0.6) is 23.0 Å². The minimum absolute atomic E-state index is 0.0306. The first-order valence-electron chi connectivity index (χ1n) is 14.4. The average molecular weight is 597 g/mol. The number of rotatable bonds is 8. The summed E-state index contributed by atoms with van der Waals surface area (Å²) in [5, 5.41) is 20.4. The van der Waals surface area contributed by atoms with E-state index in [1.807, 2.05) is 0 Å². The molecule has 2 heterocycles. The Balaban J connectivity index is 1.62. The van der Waals surface area contributed by atoms with Gasteiger partial charge in [-0.15, -0.1) is 0 Å². The molecule has 6 rings (SSSR count). The molecule has 4 unspecified atom stereocenters. The number of benzene rings is 3. The van der Waals surface area contributed by atoms with E-state index < -0.39 is 29.4 Å². The lowest BCUT2D eigenvalue weighted by Gasteiger charge is -2.41. The maximum Gasteiger partial charge on any atom is 0.330 e. The maximum absolute atomic E-state index is 14.7. The number of likely N-dealkylation sites (tertiary alicyclic amines) is 1. The number of amides is 1. The Morgan fingerprint density at radius 3 is 2.23 bits per heavy atom. The van der Waals surface area contributed by atoms with Crippen LogP contribution in [0, 0.1) is 23.2 Å². The van der Waals surface area contributed by atoms with Gasteiger partial charge in [-0.05, 0) is 67.3 Å². The van der Waals surface area contributed by atoms with Gasteiger partial charge in [-0.25, -0.2) is 4.79 Å². The molecule has 3 aromatic carbocycles. The van der Waals surface area contributed by atoms with Crippen LogP contribution in [0.1, 0.15) is 65.2 Å². The van der Waals surface area contributed by atoms with Crippen molar-refractivity contribution >= 4 is 17.7 Å². The third-order valence-corrected chi connectivity index (χ3v) is 9.31. The van der Waals surface area contributed by atoms with Crippen molar-refractivity contribution in [1.29, 1.82) is 5.26 Å². The third kappa shape index (κ3) is 4.51. The normalized spacial score (nSPS) is 23.9. The van der Waals surface area contributed by atoms with E-state index in [0.29, 0.717) is 58.1 Å². The first kappa shape index (κ1) is 29.1. The predicted molar refractivity (Wildman–Crippen MR) is 157 cm³/mol. The summed E-state index contributed by atoms with van der Waals surface area (Å²) >= 11 is 0. The molecule has 4 atom stereocenters. The molecule has 226 valence electrons. The van der Waals surface area contributed by atoms with Gasteiger partial charge >= 0.3 is 5.97 Å². The summed E-state index contributed by atoms with van der Waals surface area (Å²) in [6, 6.07) is 17.6. The topological polar surface area (TPSA) is 135 Å². The molecule has 10 heteroatoms. The second-order valence-electron chi connectivity index (χ2n) is 11.5. The molecule has 2 fully saturated rings. The summed E-state index contributed by atoms with van der Waals surface area (Å²) in [5.74, 6) is -2.48. The first-order chi connectivity index (χ1) is 21.2. The van der Waals surface area contributed by atoms with Gasteiger partial charge in [-0.3, -0.25) is 9.59 Å². The molecule has 1 aliphatic carbocycles. The number of hydrogen-bond acceptors (Lipinski definition) is 8. The summed E-state index contributed by atoms with van der Waals surface area (Å²) in [6.45, 7) is 1.56. The predicted octanol–water partition coefficient (Wildman–Crippen LogP) is 5.11. The Morgan fingerprint density at radius 1 is 0.932 bits per heavy atom. The number of ketones is 1. The first-order valence-corrected chi connectivity index (χ1v) is 14.4. The number of aliphatic carboxylic acids is 1. The van der Waals surface area contributed by atoms with Crippen LogP contribution >= 0.6 is 0 Å². The number of carboxylic acids is 1. The summed E-state index contributed by atoms with van der Waals surface area (Å²) < 4.78 is 22.2. The Kier molecular flexibility index (Phi) is 7.41. The van der Waals surface area contributed by atoms with Crippen LogP contribution in [-0.4, -0.2) is 54.2 Å². The van der Waals surface area contributed by atoms with Gasteiger partial charge in [-0.1, -0.05) is 30.7 Å². The quantitative estimate of drug-likeness (QED) is 0.352. The molecule has 2 aliphatic heterocycles. The van der Waals surface area contributed by atoms with E-state index in [-0.39, 0.29) is 24.4 Å². The van der Waals surface area contributed by atoms with Crippen molar-refractivity contribution in [3.63, 3.8) is 0 Å². The Morgan fingerprint density at radius 2 is 1.61 bits per heavy atom. The SMILES string of the molecule is COc1ccc(C2C(C(=O)c3ccc(C#N)cc3)C(c3ccc4c(c3)OCO4)N(C(=O)C3CCC3)C2(C)C(=O)O)cc1OC. The van der Waals surface area contributed by atoms with Gasteiger partial charge in [-0.2, -0.15) is 5.26 Å². The maximum atomic E-state index is 14.7. The van der Waals surface area contributed by atoms with Crippen molar-refractivity contribution in [2.75, 3.05) is 21.0 Å². The number of carbonyl (C=O) groups is 3. The molecule has 1 amide bonds. The molecule has 3 aromatic rings. The van der Waals surface area contributed by atoms with Crippen molar-refractivity contribution in [2.24, 2.45) is 11.8 Å². The Labute approximate surface area is 254 Å². The van der Waals surface area contributed by atoms with Crippen LogP contribution in [0.2, 0.25) is 0 Å². The van der Waals surface area contributed by atoms with Gasteiger partial charge in [0, 0.05) is 17.4 Å². The molecule has 0 bridgehead atoms. The van der Waals surface area contributed by atoms with Crippen molar-refractivity contribution in [3.05, 3.63) is 82.9 Å². The van der Waals surface area contributed by atoms with Gasteiger partial charge in [0.15, 0.2) is 28.8 Å². The van der Waals surface area contributed by atoms with Crippen LogP contribution < -0.4 is 18.9 Å². The van der Waals surface area contributed by atoms with E-state index >= 15 is 0 Å². The van der Waals surface area contributed by atoms with Crippen LogP contribution in [-0.2, 0) is 9.59 Å². The fourth-order valence-electron chi connectivity index (χ4n) is 6.81. The van der Waals surface area contributed by atoms with E-state index in [9.17, 15) is 24.8 Å². The number of carboxylic acid groups (broad SMARTS) is 1. The fourth-order valence-corrected chi connectivity index (χ4v) is 6.81. The Bertz CT molecular complexity index is 1680. The molecule has 44 heavy (non-hydrogen) atoms. The molecule has 0 aromatic heterocycles. The smallest absolute Gasteiger partial charge is 0.330 e. The van der Waals surface area contributed by atoms with E-state index in [1.54, 1.807) is 60.7 Å². The van der Waals surface area contributed by atoms with Gasteiger partial charge in [0.25, 0.3) is 0 Å². The second kappa shape index (κ2) is 11.2. The summed E-state index contributed by atoms with van der Waals surface area (Å²) in [6.07, 6.45) is 2.16. The number of nitrogens with zero attached hydrogens (tertiary/aromatic N) is 2. The van der Waals surface area contributed by atoms with Crippen molar-refractivity contribution in [3.8, 4) is 29.1 Å². The van der Waals surface area contributed by atoms with Crippen molar-refractivity contribution in [1.82, 2.24) is 4.90 Å². The zero-order chi connectivity index (χ0) is 31.2. The van der Waals surface area contributed by atoms with Crippen LogP contribution in [0.25, 0.3) is 0 Å². The number of ether oxygens (including phenoxy) is 4. The minimum atomic E-state index is -1.83. The van der Waals surface area contributed by atoms with Gasteiger partial charge in [0.05, 0.1) is 37.8 Å². The molecule has 10 nitrogen and oxygen atoms in total. The largest absolute Gasteiger partial charge is 0.493 e. The molecule has 3 aliphatic rings. The monoisotopic (exact) mass is 596 g/mol. The van der Waals surface area contributed by atoms with E-state index in [0.717, 1.165) is 6.42 Å². The molecule has 0 radical (unpaired) electrons. The number of methoxy groups -OCH3 is 2. The molecule has 1 saturated carbocycles. The van der Waals surface area contributed by atoms with E-state index in [1.165, 1.54) is 26.0 Å². The average Bonchev–Trinajstić information content (AvgIpc) is 3.59. The summed E-state index contributed by atoms with van der Waals surface area (Å²) in [4.78, 5) is 44.1. The highest BCUT2D eigenvalue weighted by Crippen LogP contribution is 2.58. The van der Waals surface area contributed by atoms with Crippen molar-refractivity contribution in [2.45, 2.75) is 43.7 Å². The fraction of sp³-hybridized carbons (Fsp3) is 0.353. The highest BCUT2D eigenvalue weighted by molar-refractivity contribution is 6.02. The number of nitriles is 1. The van der Waals surface area contributed by atoms with E-state index in [4.69, 9.17) is 18.9 Å². The minimum Gasteiger partial charge on any atom is -0.493 e. The number of fused-ring (bicyclic) bond motifs is 1. The lowest BCUT2D eigenvalue weighted by molar-refractivity contribution is -0.161. The zero-order valence-corrected chi connectivity index (χ0v) is 24.6. The van der Waals surface area contributed by atoms with Gasteiger partial charge < -0.3 is 29.0 Å². The molecule has 0 spiro atoms. The molecule has 1 N–H and O–H groups in total. The lowest BCUT2D eigenvalue weighted by atomic mass is 9.71. The summed E-state index contributed by atoms with van der Waals surface area (Å²) in [7, 11) is 2.98. The lowest BCUT2D eigenvalue weighted by Crippen LogP contribution is -2.56. The second-order valence-corrected chi connectivity index (χ2v) is 11.5. The zero-order valence-electron chi connectivity index (χ0n) is 24.6. The van der Waals surface area contributed by atoms with Crippen LogP contribution in [0.4, 0.5) is 0 Å². The standard InChI is InChI=1S/C34H32N2O8/c1-34(33(39)40)29(22-11-13-24(41-2)26(15-22)42-3)28(31(37)20-9-7-19(17-35)8-10-20)30(36(34)32(38)21-5-4-6-21)23-12-14-25-27(16-23)44-18-43-25/h7-16,21,28-30H,4-6,18H2,1-3H3,(H,39,40).